The van der Waals surface area contributed by atoms with Crippen molar-refractivity contribution in [2.75, 3.05) is 6.54 Å². The Morgan fingerprint density at radius 1 is 1.55 bits per heavy atom. The Morgan fingerprint density at radius 2 is 2.20 bits per heavy atom. The van der Waals surface area contributed by atoms with Gasteiger partial charge in [-0.3, -0.25) is 14.9 Å². The van der Waals surface area contributed by atoms with E-state index in [4.69, 9.17) is 0 Å². The van der Waals surface area contributed by atoms with Gasteiger partial charge in [-0.05, 0) is 38.3 Å². The van der Waals surface area contributed by atoms with Crippen molar-refractivity contribution in [3.8, 4) is 0 Å². The number of nitrogens with zero attached hydrogens (tertiary/aromatic N) is 1. The molecule has 1 amide bonds. The van der Waals surface area contributed by atoms with E-state index in [1.807, 2.05) is 0 Å². The third kappa shape index (κ3) is 2.77. The monoisotopic (exact) mass is 282 g/mol. The first kappa shape index (κ1) is 14.4. The van der Waals surface area contributed by atoms with Crippen LogP contribution in [0.3, 0.4) is 0 Å². The summed E-state index contributed by atoms with van der Waals surface area (Å²) in [7, 11) is 0. The summed E-state index contributed by atoms with van der Waals surface area (Å²) < 4.78 is 13.3. The zero-order valence-corrected chi connectivity index (χ0v) is 11.0. The first-order valence-corrected chi connectivity index (χ1v) is 6.27. The molecule has 1 fully saturated rings. The first-order chi connectivity index (χ1) is 9.32. The van der Waals surface area contributed by atoms with E-state index in [0.29, 0.717) is 12.8 Å². The fraction of sp³-hybridized carbons (Fsp3) is 0.462. The maximum atomic E-state index is 13.3. The molecule has 1 saturated carbocycles. The molecule has 7 heteroatoms. The van der Waals surface area contributed by atoms with Crippen molar-refractivity contribution in [3.63, 3.8) is 0 Å². The van der Waals surface area contributed by atoms with Gasteiger partial charge < -0.3 is 10.4 Å². The SMILES string of the molecule is Cc1cc(F)cc(C(=O)NCC2(O)CCC2)c1[N+](=O)[O-]. The quantitative estimate of drug-likeness (QED) is 0.649. The standard InChI is InChI=1S/C13H15FN2O4/c1-8-5-9(14)6-10(11(8)16(19)20)12(17)15-7-13(18)3-2-4-13/h5-6,18H,2-4,7H2,1H3,(H,15,17). The summed E-state index contributed by atoms with van der Waals surface area (Å²) in [5.41, 5.74) is -1.59. The van der Waals surface area contributed by atoms with E-state index in [9.17, 15) is 24.4 Å². The average Bonchev–Trinajstić information content (AvgIpc) is 2.31. The minimum Gasteiger partial charge on any atom is -0.388 e. The minimum absolute atomic E-state index is 0.0124. The lowest BCUT2D eigenvalue weighted by Crippen LogP contribution is -2.47. The summed E-state index contributed by atoms with van der Waals surface area (Å²) in [4.78, 5) is 22.2. The smallest absolute Gasteiger partial charge is 0.285 e. The van der Waals surface area contributed by atoms with Crippen LogP contribution in [0, 0.1) is 22.9 Å². The number of nitro groups is 1. The number of hydrogen-bond acceptors (Lipinski definition) is 4. The zero-order chi connectivity index (χ0) is 14.9. The minimum atomic E-state index is -0.938. The Morgan fingerprint density at radius 3 is 2.70 bits per heavy atom. The summed E-state index contributed by atoms with van der Waals surface area (Å²) >= 11 is 0. The van der Waals surface area contributed by atoms with E-state index in [0.717, 1.165) is 18.6 Å². The van der Waals surface area contributed by atoms with Crippen molar-refractivity contribution in [2.24, 2.45) is 0 Å². The molecule has 0 spiro atoms. The van der Waals surface area contributed by atoms with Gasteiger partial charge in [0.15, 0.2) is 0 Å². The fourth-order valence-electron chi connectivity index (χ4n) is 2.25. The molecule has 1 aliphatic rings. The van der Waals surface area contributed by atoms with Crippen LogP contribution in [0.15, 0.2) is 12.1 Å². The third-order valence-corrected chi connectivity index (χ3v) is 3.55. The molecule has 0 aromatic heterocycles. The van der Waals surface area contributed by atoms with Gasteiger partial charge in [0.25, 0.3) is 11.6 Å². The Labute approximate surface area is 114 Å². The molecule has 0 heterocycles. The Hall–Kier alpha value is -2.02. The number of halogens is 1. The van der Waals surface area contributed by atoms with E-state index in [-0.39, 0.29) is 17.7 Å². The second kappa shape index (κ2) is 5.16. The second-order valence-electron chi connectivity index (χ2n) is 5.14. The lowest BCUT2D eigenvalue weighted by atomic mass is 9.80. The summed E-state index contributed by atoms with van der Waals surface area (Å²) in [6, 6.07) is 1.85. The highest BCUT2D eigenvalue weighted by molar-refractivity contribution is 5.98. The van der Waals surface area contributed by atoms with Crippen LogP contribution >= 0.6 is 0 Å². The molecule has 2 rings (SSSR count). The number of aliphatic hydroxyl groups is 1. The van der Waals surface area contributed by atoms with E-state index in [2.05, 4.69) is 5.32 Å². The van der Waals surface area contributed by atoms with Gasteiger partial charge in [0.05, 0.1) is 10.5 Å². The largest absolute Gasteiger partial charge is 0.388 e. The maximum Gasteiger partial charge on any atom is 0.285 e. The molecular formula is C13H15FN2O4. The van der Waals surface area contributed by atoms with Gasteiger partial charge in [0, 0.05) is 12.1 Å². The van der Waals surface area contributed by atoms with Crippen molar-refractivity contribution < 1.29 is 19.2 Å². The van der Waals surface area contributed by atoms with Crippen molar-refractivity contribution in [1.82, 2.24) is 5.32 Å². The van der Waals surface area contributed by atoms with Gasteiger partial charge in [-0.15, -0.1) is 0 Å². The molecule has 1 aromatic carbocycles. The van der Waals surface area contributed by atoms with Crippen LogP contribution < -0.4 is 5.32 Å². The van der Waals surface area contributed by atoms with Crippen molar-refractivity contribution >= 4 is 11.6 Å². The van der Waals surface area contributed by atoms with Crippen LogP contribution in [-0.2, 0) is 0 Å². The predicted octanol–water partition coefficient (Wildman–Crippen LogP) is 1.69. The fourth-order valence-corrected chi connectivity index (χ4v) is 2.25. The number of benzene rings is 1. The molecule has 0 unspecified atom stereocenters. The van der Waals surface area contributed by atoms with Crippen molar-refractivity contribution in [1.29, 1.82) is 0 Å². The molecule has 20 heavy (non-hydrogen) atoms. The molecule has 0 atom stereocenters. The number of rotatable bonds is 4. The summed E-state index contributed by atoms with van der Waals surface area (Å²) in [6.07, 6.45) is 2.04. The highest BCUT2D eigenvalue weighted by Gasteiger charge is 2.35. The van der Waals surface area contributed by atoms with Crippen LogP contribution in [-0.4, -0.2) is 28.1 Å². The predicted molar refractivity (Wildman–Crippen MR) is 68.9 cm³/mol. The van der Waals surface area contributed by atoms with E-state index in [1.54, 1.807) is 0 Å². The second-order valence-corrected chi connectivity index (χ2v) is 5.14. The molecule has 108 valence electrons. The van der Waals surface area contributed by atoms with Gasteiger partial charge >= 0.3 is 0 Å². The Balaban J connectivity index is 2.22. The highest BCUT2D eigenvalue weighted by atomic mass is 19.1. The third-order valence-electron chi connectivity index (χ3n) is 3.55. The van der Waals surface area contributed by atoms with Crippen molar-refractivity contribution in [3.05, 3.63) is 39.2 Å². The molecular weight excluding hydrogens is 267 g/mol. The average molecular weight is 282 g/mol. The van der Waals surface area contributed by atoms with Gasteiger partial charge in [-0.2, -0.15) is 0 Å². The normalized spacial score (nSPS) is 16.4. The molecule has 1 aliphatic carbocycles. The summed E-state index contributed by atoms with van der Waals surface area (Å²) in [5, 5.41) is 23.3. The number of aryl methyl sites for hydroxylation is 1. The number of carbonyl (C=O) groups is 1. The maximum absolute atomic E-state index is 13.3. The van der Waals surface area contributed by atoms with Crippen LogP contribution in [0.5, 0.6) is 0 Å². The number of hydrogen-bond donors (Lipinski definition) is 2. The van der Waals surface area contributed by atoms with Gasteiger partial charge in [-0.1, -0.05) is 0 Å². The van der Waals surface area contributed by atoms with Gasteiger partial charge in [0.2, 0.25) is 0 Å². The van der Waals surface area contributed by atoms with Crippen LogP contribution in [0.25, 0.3) is 0 Å². The zero-order valence-electron chi connectivity index (χ0n) is 11.0. The Bertz CT molecular complexity index is 570. The summed E-state index contributed by atoms with van der Waals surface area (Å²) in [6.45, 7) is 1.38. The van der Waals surface area contributed by atoms with E-state index in [1.165, 1.54) is 6.92 Å². The number of nitro benzene ring substituents is 1. The molecule has 0 bridgehead atoms. The van der Waals surface area contributed by atoms with Gasteiger partial charge in [0.1, 0.15) is 11.4 Å². The van der Waals surface area contributed by atoms with E-state index < -0.39 is 27.9 Å². The van der Waals surface area contributed by atoms with Crippen LogP contribution in [0.4, 0.5) is 10.1 Å². The number of amides is 1. The Kier molecular flexibility index (Phi) is 3.71. The molecule has 1 aromatic rings. The lowest BCUT2D eigenvalue weighted by molar-refractivity contribution is -0.385. The number of carbonyl (C=O) groups excluding carboxylic acids is 1. The molecule has 0 aliphatic heterocycles. The first-order valence-electron chi connectivity index (χ1n) is 6.27. The van der Waals surface area contributed by atoms with Gasteiger partial charge in [-0.25, -0.2) is 4.39 Å². The topological polar surface area (TPSA) is 92.5 Å². The highest BCUT2D eigenvalue weighted by Crippen LogP contribution is 2.31. The molecule has 6 nitrogen and oxygen atoms in total. The number of nitrogens with one attached hydrogen (secondary N) is 1. The molecule has 0 saturated heterocycles. The van der Waals surface area contributed by atoms with E-state index >= 15 is 0 Å². The van der Waals surface area contributed by atoms with Crippen LogP contribution in [0.1, 0.15) is 35.2 Å². The molecule has 0 radical (unpaired) electrons. The van der Waals surface area contributed by atoms with Crippen LogP contribution in [0.2, 0.25) is 0 Å². The molecule has 2 N–H and O–H groups in total. The van der Waals surface area contributed by atoms with Crippen molar-refractivity contribution in [2.45, 2.75) is 31.8 Å². The summed E-state index contributed by atoms with van der Waals surface area (Å²) in [5.74, 6) is -1.46. The lowest BCUT2D eigenvalue weighted by Gasteiger charge is -2.36.